The van der Waals surface area contributed by atoms with Gasteiger partial charge in [-0.25, -0.2) is 0 Å². The van der Waals surface area contributed by atoms with Crippen molar-refractivity contribution in [2.24, 2.45) is 5.92 Å². The van der Waals surface area contributed by atoms with Gasteiger partial charge in [0.1, 0.15) is 0 Å². The predicted molar refractivity (Wildman–Crippen MR) is 111 cm³/mol. The molecule has 1 atom stereocenters. The Kier molecular flexibility index (Phi) is 7.32. The van der Waals surface area contributed by atoms with Crippen molar-refractivity contribution in [2.75, 3.05) is 44.3 Å². The van der Waals surface area contributed by atoms with Crippen molar-refractivity contribution in [3.05, 3.63) is 28.8 Å². The van der Waals surface area contributed by atoms with E-state index in [1.54, 1.807) is 23.1 Å². The maximum atomic E-state index is 13.0. The van der Waals surface area contributed by atoms with Crippen LogP contribution >= 0.6 is 11.6 Å². The Bertz CT molecular complexity index is 704. The van der Waals surface area contributed by atoms with Gasteiger partial charge in [0.15, 0.2) is 0 Å². The van der Waals surface area contributed by atoms with Crippen LogP contribution in [0.4, 0.5) is 5.69 Å². The van der Waals surface area contributed by atoms with Gasteiger partial charge in [0.25, 0.3) is 5.91 Å². The number of ether oxygens (including phenoxy) is 1. The van der Waals surface area contributed by atoms with E-state index >= 15 is 0 Å². The van der Waals surface area contributed by atoms with Crippen LogP contribution < -0.4 is 10.2 Å². The molecule has 1 aromatic rings. The zero-order chi connectivity index (χ0) is 20.1. The van der Waals surface area contributed by atoms with Gasteiger partial charge in [0.05, 0.1) is 24.5 Å². The summed E-state index contributed by atoms with van der Waals surface area (Å²) in [5.74, 6) is 0.425. The molecule has 2 fully saturated rings. The van der Waals surface area contributed by atoms with Crippen LogP contribution in [0.25, 0.3) is 0 Å². The number of anilines is 1. The van der Waals surface area contributed by atoms with Crippen LogP contribution in [0.15, 0.2) is 18.2 Å². The Hall–Kier alpha value is -1.63. The van der Waals surface area contributed by atoms with Crippen LogP contribution in [0.3, 0.4) is 0 Å². The fraction of sp³-hybridized carbons (Fsp3) is 0.619. The van der Waals surface area contributed by atoms with Crippen LogP contribution in [0, 0.1) is 5.92 Å². The minimum atomic E-state index is -0.159. The summed E-state index contributed by atoms with van der Waals surface area (Å²) in [6, 6.07) is 5.41. The molecule has 7 heteroatoms. The predicted octanol–water partition coefficient (Wildman–Crippen LogP) is 2.94. The minimum absolute atomic E-state index is 0.0438. The van der Waals surface area contributed by atoms with Gasteiger partial charge in [0, 0.05) is 43.7 Å². The number of hydrogen-bond acceptors (Lipinski definition) is 4. The number of nitrogens with one attached hydrogen (secondary N) is 1. The van der Waals surface area contributed by atoms with Crippen molar-refractivity contribution in [2.45, 2.75) is 39.2 Å². The first-order valence-corrected chi connectivity index (χ1v) is 10.5. The fourth-order valence-electron chi connectivity index (χ4n) is 3.98. The highest BCUT2D eigenvalue weighted by Crippen LogP contribution is 2.28. The van der Waals surface area contributed by atoms with E-state index in [-0.39, 0.29) is 17.9 Å². The topological polar surface area (TPSA) is 61.9 Å². The lowest BCUT2D eigenvalue weighted by atomic mass is 10.0. The van der Waals surface area contributed by atoms with Crippen molar-refractivity contribution < 1.29 is 14.3 Å². The molecule has 6 nitrogen and oxygen atoms in total. The van der Waals surface area contributed by atoms with Gasteiger partial charge < -0.3 is 15.0 Å². The molecule has 1 unspecified atom stereocenters. The second-order valence-corrected chi connectivity index (χ2v) is 8.39. The molecular weight excluding hydrogens is 378 g/mol. The number of carbonyl (C=O) groups excluding carboxylic acids is 2. The first kappa shape index (κ1) is 21.1. The summed E-state index contributed by atoms with van der Waals surface area (Å²) in [5.41, 5.74) is 1.12. The lowest BCUT2D eigenvalue weighted by Gasteiger charge is -2.35. The number of nitrogens with zero attached hydrogens (tertiary/aromatic N) is 2. The smallest absolute Gasteiger partial charge is 0.253 e. The average Bonchev–Trinajstić information content (AvgIpc) is 3.11. The molecule has 28 heavy (non-hydrogen) atoms. The van der Waals surface area contributed by atoms with E-state index in [1.807, 2.05) is 0 Å². The Labute approximate surface area is 172 Å². The molecule has 2 saturated heterocycles. The zero-order valence-electron chi connectivity index (χ0n) is 16.7. The molecule has 0 saturated carbocycles. The molecule has 2 amide bonds. The van der Waals surface area contributed by atoms with Crippen molar-refractivity contribution in [1.29, 1.82) is 0 Å². The second kappa shape index (κ2) is 9.72. The van der Waals surface area contributed by atoms with Gasteiger partial charge in [-0.1, -0.05) is 25.4 Å². The summed E-state index contributed by atoms with van der Waals surface area (Å²) in [6.07, 6.45) is 2.33. The van der Waals surface area contributed by atoms with Gasteiger partial charge >= 0.3 is 0 Å². The van der Waals surface area contributed by atoms with E-state index in [1.165, 1.54) is 0 Å². The normalized spacial score (nSPS) is 19.3. The van der Waals surface area contributed by atoms with E-state index in [9.17, 15) is 9.59 Å². The first-order valence-electron chi connectivity index (χ1n) is 10.2. The molecule has 2 aliphatic heterocycles. The lowest BCUT2D eigenvalue weighted by molar-refractivity contribution is -0.117. The number of amides is 2. The maximum Gasteiger partial charge on any atom is 0.253 e. The molecular formula is C21H30ClN3O3. The van der Waals surface area contributed by atoms with E-state index in [0.717, 1.165) is 39.1 Å². The fourth-order valence-corrected chi connectivity index (χ4v) is 4.14. The number of halogens is 1. The summed E-state index contributed by atoms with van der Waals surface area (Å²) in [6.45, 7) is 8.86. The van der Waals surface area contributed by atoms with Gasteiger partial charge in [-0.3, -0.25) is 14.5 Å². The Morgan fingerprint density at radius 2 is 2.00 bits per heavy atom. The summed E-state index contributed by atoms with van der Waals surface area (Å²) in [5, 5.41) is 3.62. The highest BCUT2D eigenvalue weighted by Gasteiger charge is 2.27. The number of benzene rings is 1. The van der Waals surface area contributed by atoms with Crippen LogP contribution in [-0.2, 0) is 9.53 Å². The highest BCUT2D eigenvalue weighted by molar-refractivity contribution is 6.31. The summed E-state index contributed by atoms with van der Waals surface area (Å²) in [4.78, 5) is 29.2. The van der Waals surface area contributed by atoms with Crippen molar-refractivity contribution in [3.63, 3.8) is 0 Å². The van der Waals surface area contributed by atoms with Crippen LogP contribution in [0.5, 0.6) is 0 Å². The van der Waals surface area contributed by atoms with Crippen LogP contribution in [0.2, 0.25) is 5.02 Å². The van der Waals surface area contributed by atoms with Gasteiger partial charge in [-0.2, -0.15) is 0 Å². The van der Waals surface area contributed by atoms with Crippen molar-refractivity contribution in [1.82, 2.24) is 10.2 Å². The van der Waals surface area contributed by atoms with Crippen molar-refractivity contribution in [3.8, 4) is 0 Å². The van der Waals surface area contributed by atoms with E-state index in [2.05, 4.69) is 24.1 Å². The molecule has 154 valence electrons. The van der Waals surface area contributed by atoms with Crippen molar-refractivity contribution >= 4 is 29.1 Å². The third-order valence-corrected chi connectivity index (χ3v) is 5.61. The van der Waals surface area contributed by atoms with Gasteiger partial charge in [0.2, 0.25) is 5.91 Å². The van der Waals surface area contributed by atoms with Crippen LogP contribution in [0.1, 0.15) is 43.5 Å². The van der Waals surface area contributed by atoms with Crippen LogP contribution in [-0.4, -0.2) is 62.1 Å². The number of hydrogen-bond donors (Lipinski definition) is 1. The Morgan fingerprint density at radius 1 is 1.25 bits per heavy atom. The third-order valence-electron chi connectivity index (χ3n) is 5.37. The number of carbonyl (C=O) groups is 2. The summed E-state index contributed by atoms with van der Waals surface area (Å²) < 4.78 is 5.46. The number of morpholine rings is 1. The molecule has 3 rings (SSSR count). The lowest BCUT2D eigenvalue weighted by Crippen LogP contribution is -2.49. The molecule has 0 spiro atoms. The highest BCUT2D eigenvalue weighted by atomic mass is 35.5. The standard InChI is InChI=1S/C21H30ClN3O3/c1-15(2)12-17(24-8-10-28-11-9-24)14-23-21(27)18-6-5-16(22)13-19(18)25-7-3-4-20(25)26/h5-6,13,15,17H,3-4,7-12,14H2,1-2H3,(H,23,27). The molecule has 1 N–H and O–H groups in total. The van der Waals surface area contributed by atoms with Gasteiger partial charge in [-0.05, 0) is 37.0 Å². The Balaban J connectivity index is 1.71. The molecule has 2 aliphatic rings. The Morgan fingerprint density at radius 3 is 2.64 bits per heavy atom. The summed E-state index contributed by atoms with van der Waals surface area (Å²) >= 11 is 6.15. The second-order valence-electron chi connectivity index (χ2n) is 7.95. The molecule has 0 bridgehead atoms. The zero-order valence-corrected chi connectivity index (χ0v) is 17.5. The summed E-state index contributed by atoms with van der Waals surface area (Å²) in [7, 11) is 0. The van der Waals surface area contributed by atoms with Gasteiger partial charge in [-0.15, -0.1) is 0 Å². The molecule has 1 aromatic carbocycles. The molecule has 2 heterocycles. The van der Waals surface area contributed by atoms with E-state index < -0.39 is 0 Å². The monoisotopic (exact) mass is 407 g/mol. The quantitative estimate of drug-likeness (QED) is 0.754. The van der Waals surface area contributed by atoms with E-state index in [4.69, 9.17) is 16.3 Å². The first-order chi connectivity index (χ1) is 13.5. The molecule has 0 aromatic heterocycles. The SMILES string of the molecule is CC(C)CC(CNC(=O)c1ccc(Cl)cc1N1CCCC1=O)N1CCOCC1. The third kappa shape index (κ3) is 5.25. The molecule has 0 radical (unpaired) electrons. The number of rotatable bonds is 7. The maximum absolute atomic E-state index is 13.0. The minimum Gasteiger partial charge on any atom is -0.379 e. The molecule has 0 aliphatic carbocycles. The average molecular weight is 408 g/mol. The van der Waals surface area contributed by atoms with E-state index in [0.29, 0.717) is 41.7 Å². The largest absolute Gasteiger partial charge is 0.379 e.